The molecule has 53 heavy (non-hydrogen) atoms. The van der Waals surface area contributed by atoms with Crippen molar-refractivity contribution in [3.8, 4) is 33.4 Å². The highest BCUT2D eigenvalue weighted by molar-refractivity contribution is 7.25. The maximum absolute atomic E-state index is 6.57. The van der Waals surface area contributed by atoms with E-state index in [0.29, 0.717) is 0 Å². The van der Waals surface area contributed by atoms with Crippen molar-refractivity contribution in [1.29, 1.82) is 0 Å². The van der Waals surface area contributed by atoms with E-state index in [-0.39, 0.29) is 5.41 Å². The maximum atomic E-state index is 6.57. The highest BCUT2D eigenvalue weighted by Crippen LogP contribution is 2.52. The second-order valence-electron chi connectivity index (χ2n) is 15.2. The molecule has 0 amide bonds. The summed E-state index contributed by atoms with van der Waals surface area (Å²) in [6.07, 6.45) is 0. The van der Waals surface area contributed by atoms with Gasteiger partial charge in [-0.2, -0.15) is 0 Å². The third-order valence-corrected chi connectivity index (χ3v) is 13.2. The third-order valence-electron chi connectivity index (χ3n) is 12.0. The smallest absolute Gasteiger partial charge is 0.143 e. The van der Waals surface area contributed by atoms with Crippen molar-refractivity contribution < 1.29 is 4.42 Å². The zero-order valence-electron chi connectivity index (χ0n) is 29.3. The van der Waals surface area contributed by atoms with Crippen LogP contribution in [0.3, 0.4) is 0 Å². The molecule has 0 spiro atoms. The van der Waals surface area contributed by atoms with Crippen LogP contribution in [0.25, 0.3) is 108 Å². The topological polar surface area (TPSA) is 13.1 Å². The third kappa shape index (κ3) is 3.96. The molecule has 11 aromatic rings. The van der Waals surface area contributed by atoms with Crippen LogP contribution in [0.1, 0.15) is 25.0 Å². The molecule has 248 valence electrons. The molecule has 9 aromatic carbocycles. The number of furan rings is 1. The lowest BCUT2D eigenvalue weighted by Crippen LogP contribution is -2.14. The number of hydrogen-bond donors (Lipinski definition) is 0. The average molecular weight is 693 g/mol. The van der Waals surface area contributed by atoms with Crippen LogP contribution >= 0.6 is 11.3 Å². The van der Waals surface area contributed by atoms with Crippen LogP contribution in [-0.4, -0.2) is 0 Å². The SMILES string of the molecule is CC1(C)c2ccccc2-c2cc(-c3c4ccccc4c(-c4ccc5sc6cc7oc8c9ccccc9ccc8c7cc6c5c4)c4ccccc34)ccc21. The number of benzene rings is 9. The molecule has 0 fully saturated rings. The predicted octanol–water partition coefficient (Wildman–Crippen LogP) is 15.1. The van der Waals surface area contributed by atoms with Crippen LogP contribution in [0.15, 0.2) is 162 Å². The molecule has 2 aromatic heterocycles. The van der Waals surface area contributed by atoms with Crippen LogP contribution in [-0.2, 0) is 5.41 Å². The lowest BCUT2D eigenvalue weighted by Gasteiger charge is -2.22. The van der Waals surface area contributed by atoms with Crippen molar-refractivity contribution in [1.82, 2.24) is 0 Å². The second-order valence-corrected chi connectivity index (χ2v) is 16.3. The summed E-state index contributed by atoms with van der Waals surface area (Å²) in [5.41, 5.74) is 12.5. The Labute approximate surface area is 310 Å². The number of fused-ring (bicyclic) bond motifs is 13. The molecular formula is C51H32OS. The van der Waals surface area contributed by atoms with E-state index >= 15 is 0 Å². The number of hydrogen-bond acceptors (Lipinski definition) is 2. The molecule has 0 bridgehead atoms. The molecule has 2 heterocycles. The summed E-state index contributed by atoms with van der Waals surface area (Å²) >= 11 is 1.85. The Hall–Kier alpha value is -6.22. The van der Waals surface area contributed by atoms with Gasteiger partial charge in [0.15, 0.2) is 0 Å². The van der Waals surface area contributed by atoms with Crippen molar-refractivity contribution in [2.75, 3.05) is 0 Å². The first-order valence-electron chi connectivity index (χ1n) is 18.4. The van der Waals surface area contributed by atoms with Gasteiger partial charge < -0.3 is 4.42 Å². The summed E-state index contributed by atoms with van der Waals surface area (Å²) in [4.78, 5) is 0. The molecule has 1 aliphatic carbocycles. The summed E-state index contributed by atoms with van der Waals surface area (Å²) < 4.78 is 9.10. The molecule has 0 unspecified atom stereocenters. The molecule has 1 aliphatic rings. The highest BCUT2D eigenvalue weighted by Gasteiger charge is 2.35. The van der Waals surface area contributed by atoms with E-state index in [1.54, 1.807) is 0 Å². The van der Waals surface area contributed by atoms with Gasteiger partial charge in [-0.3, -0.25) is 0 Å². The van der Waals surface area contributed by atoms with Crippen molar-refractivity contribution in [2.45, 2.75) is 19.3 Å². The van der Waals surface area contributed by atoms with E-state index in [2.05, 4.69) is 172 Å². The van der Waals surface area contributed by atoms with Crippen LogP contribution in [0.4, 0.5) is 0 Å². The van der Waals surface area contributed by atoms with Gasteiger partial charge in [-0.05, 0) is 108 Å². The van der Waals surface area contributed by atoms with E-state index in [1.807, 2.05) is 11.3 Å². The van der Waals surface area contributed by atoms with Gasteiger partial charge in [0.2, 0.25) is 0 Å². The zero-order chi connectivity index (χ0) is 35.0. The molecule has 2 heteroatoms. The molecule has 0 N–H and O–H groups in total. The van der Waals surface area contributed by atoms with Crippen molar-refractivity contribution >= 4 is 85.8 Å². The summed E-state index contributed by atoms with van der Waals surface area (Å²) in [6, 6.07) is 58.7. The minimum absolute atomic E-state index is 0.0201. The maximum Gasteiger partial charge on any atom is 0.143 e. The largest absolute Gasteiger partial charge is 0.455 e. The summed E-state index contributed by atoms with van der Waals surface area (Å²) in [5.74, 6) is 0. The monoisotopic (exact) mass is 692 g/mol. The second kappa shape index (κ2) is 10.4. The van der Waals surface area contributed by atoms with Gasteiger partial charge in [-0.15, -0.1) is 11.3 Å². The Bertz CT molecular complexity index is 3320. The van der Waals surface area contributed by atoms with Gasteiger partial charge in [0, 0.05) is 41.7 Å². The molecule has 0 atom stereocenters. The first-order valence-corrected chi connectivity index (χ1v) is 19.2. The minimum Gasteiger partial charge on any atom is -0.455 e. The van der Waals surface area contributed by atoms with E-state index in [0.717, 1.165) is 16.6 Å². The minimum atomic E-state index is -0.0201. The van der Waals surface area contributed by atoms with Crippen molar-refractivity contribution in [2.24, 2.45) is 0 Å². The summed E-state index contributed by atoms with van der Waals surface area (Å²) in [5, 5.41) is 12.4. The van der Waals surface area contributed by atoms with Crippen LogP contribution in [0.5, 0.6) is 0 Å². The lowest BCUT2D eigenvalue weighted by atomic mass is 9.81. The molecule has 0 saturated carbocycles. The highest BCUT2D eigenvalue weighted by atomic mass is 32.1. The fourth-order valence-corrected chi connectivity index (χ4v) is 10.7. The Balaban J connectivity index is 1.10. The van der Waals surface area contributed by atoms with Crippen LogP contribution in [0, 0.1) is 0 Å². The lowest BCUT2D eigenvalue weighted by molar-refractivity contribution is 0.660. The standard InChI is InChI=1S/C51H32OS/c1-51(2)43-18-10-9-13-33(43)39-25-30(20-23-44(39)51)48-34-14-5-7-16-36(34)49(37-17-8-6-15-35(37)48)31-21-24-46-41(26-31)42-27-40-38-22-19-29-11-3-4-12-32(29)50(38)52-45(40)28-47(42)53-46/h3-28H,1-2H3. The van der Waals surface area contributed by atoms with E-state index in [4.69, 9.17) is 4.42 Å². The van der Waals surface area contributed by atoms with Gasteiger partial charge in [-0.1, -0.05) is 135 Å². The fraction of sp³-hybridized carbons (Fsp3) is 0.0588. The van der Waals surface area contributed by atoms with Gasteiger partial charge in [0.05, 0.1) is 0 Å². The Morgan fingerprint density at radius 3 is 1.77 bits per heavy atom. The Kier molecular flexibility index (Phi) is 5.78. The predicted molar refractivity (Wildman–Crippen MR) is 228 cm³/mol. The Morgan fingerprint density at radius 1 is 0.415 bits per heavy atom. The van der Waals surface area contributed by atoms with Crippen LogP contribution in [0.2, 0.25) is 0 Å². The first kappa shape index (κ1) is 29.4. The quantitative estimate of drug-likeness (QED) is 0.164. The summed E-state index contributed by atoms with van der Waals surface area (Å²) in [6.45, 7) is 4.71. The molecule has 1 nitrogen and oxygen atoms in total. The van der Waals surface area contributed by atoms with E-state index in [1.165, 1.54) is 102 Å². The van der Waals surface area contributed by atoms with E-state index < -0.39 is 0 Å². The molecule has 0 radical (unpaired) electrons. The zero-order valence-corrected chi connectivity index (χ0v) is 30.1. The van der Waals surface area contributed by atoms with Gasteiger partial charge in [0.25, 0.3) is 0 Å². The normalized spacial score (nSPS) is 13.6. The molecule has 0 aliphatic heterocycles. The number of thiophene rings is 1. The first-order chi connectivity index (χ1) is 26.0. The molecule has 12 rings (SSSR count). The van der Waals surface area contributed by atoms with Crippen molar-refractivity contribution in [3.63, 3.8) is 0 Å². The number of rotatable bonds is 2. The van der Waals surface area contributed by atoms with Crippen LogP contribution < -0.4 is 0 Å². The molecule has 0 saturated heterocycles. The van der Waals surface area contributed by atoms with E-state index in [9.17, 15) is 0 Å². The molecular weight excluding hydrogens is 661 g/mol. The average Bonchev–Trinajstić information content (AvgIpc) is 3.82. The van der Waals surface area contributed by atoms with Gasteiger partial charge in [0.1, 0.15) is 11.2 Å². The fourth-order valence-electron chi connectivity index (χ4n) is 9.56. The van der Waals surface area contributed by atoms with Crippen molar-refractivity contribution in [3.05, 3.63) is 169 Å². The van der Waals surface area contributed by atoms with Gasteiger partial charge >= 0.3 is 0 Å². The Morgan fingerprint density at radius 2 is 1.02 bits per heavy atom. The van der Waals surface area contributed by atoms with Gasteiger partial charge in [-0.25, -0.2) is 0 Å². The summed E-state index contributed by atoms with van der Waals surface area (Å²) in [7, 11) is 0.